The van der Waals surface area contributed by atoms with E-state index in [0.717, 1.165) is 6.54 Å². The molecule has 0 fully saturated rings. The predicted octanol–water partition coefficient (Wildman–Crippen LogP) is 2.83. The van der Waals surface area contributed by atoms with E-state index in [4.69, 9.17) is 0 Å². The lowest BCUT2D eigenvalue weighted by molar-refractivity contribution is 0.634. The van der Waals surface area contributed by atoms with Gasteiger partial charge in [0.1, 0.15) is 0 Å². The van der Waals surface area contributed by atoms with Gasteiger partial charge in [-0.2, -0.15) is 0 Å². The largest absolute Gasteiger partial charge is 0.361 e. The average molecular weight is 200 g/mol. The summed E-state index contributed by atoms with van der Waals surface area (Å²) in [6.07, 6.45) is 3.88. The van der Waals surface area contributed by atoms with Crippen LogP contribution in [0.2, 0.25) is 0 Å². The molecule has 0 amide bonds. The molecule has 0 radical (unpaired) electrons. The Hall–Kier alpha value is -1.54. The molecule has 0 spiro atoms. The summed E-state index contributed by atoms with van der Waals surface area (Å²) in [6.45, 7) is 6.72. The Morgan fingerprint density at radius 1 is 1.47 bits per heavy atom. The minimum Gasteiger partial charge on any atom is -0.361 e. The Kier molecular flexibility index (Phi) is 2.88. The van der Waals surface area contributed by atoms with E-state index in [-0.39, 0.29) is 0 Å². The van der Waals surface area contributed by atoms with Crippen molar-refractivity contribution >= 4 is 10.9 Å². The molecule has 1 aromatic heterocycles. The number of rotatable bonds is 4. The van der Waals surface area contributed by atoms with Crippen molar-refractivity contribution in [2.75, 3.05) is 0 Å². The summed E-state index contributed by atoms with van der Waals surface area (Å²) >= 11 is 0. The number of benzene rings is 1. The molecule has 1 aromatic carbocycles. The first-order valence-corrected chi connectivity index (χ1v) is 5.21. The average Bonchev–Trinajstić information content (AvgIpc) is 2.72. The van der Waals surface area contributed by atoms with Gasteiger partial charge in [0.25, 0.3) is 0 Å². The second kappa shape index (κ2) is 4.32. The van der Waals surface area contributed by atoms with Crippen LogP contribution in [0, 0.1) is 0 Å². The summed E-state index contributed by atoms with van der Waals surface area (Å²) in [7, 11) is 0. The zero-order valence-corrected chi connectivity index (χ0v) is 8.96. The molecule has 2 heteroatoms. The lowest BCUT2D eigenvalue weighted by Crippen LogP contribution is -2.22. The number of H-pyrrole nitrogens is 1. The van der Waals surface area contributed by atoms with E-state index in [0.29, 0.717) is 6.04 Å². The molecule has 1 atom stereocenters. The number of fused-ring (bicyclic) bond motifs is 1. The highest BCUT2D eigenvalue weighted by molar-refractivity contribution is 5.79. The fourth-order valence-corrected chi connectivity index (χ4v) is 1.57. The Morgan fingerprint density at radius 2 is 2.33 bits per heavy atom. The van der Waals surface area contributed by atoms with Gasteiger partial charge in [0.2, 0.25) is 0 Å². The van der Waals surface area contributed by atoms with Gasteiger partial charge in [-0.1, -0.05) is 18.2 Å². The number of aromatic nitrogens is 1. The van der Waals surface area contributed by atoms with Gasteiger partial charge in [-0.05, 0) is 30.0 Å². The monoisotopic (exact) mass is 200 g/mol. The molecule has 0 aliphatic carbocycles. The van der Waals surface area contributed by atoms with E-state index >= 15 is 0 Å². The van der Waals surface area contributed by atoms with Crippen molar-refractivity contribution in [3.63, 3.8) is 0 Å². The Bertz CT molecular complexity index is 456. The van der Waals surface area contributed by atoms with E-state index in [2.05, 4.69) is 48.1 Å². The van der Waals surface area contributed by atoms with Crippen molar-refractivity contribution in [2.45, 2.75) is 19.5 Å². The molecule has 1 heterocycles. The van der Waals surface area contributed by atoms with Crippen molar-refractivity contribution in [3.05, 3.63) is 48.7 Å². The van der Waals surface area contributed by atoms with Crippen molar-refractivity contribution in [2.24, 2.45) is 0 Å². The van der Waals surface area contributed by atoms with Gasteiger partial charge in [-0.25, -0.2) is 0 Å². The van der Waals surface area contributed by atoms with Crippen molar-refractivity contribution in [3.8, 4) is 0 Å². The van der Waals surface area contributed by atoms with E-state index in [1.54, 1.807) is 0 Å². The normalized spacial score (nSPS) is 12.9. The number of hydrogen-bond acceptors (Lipinski definition) is 1. The zero-order chi connectivity index (χ0) is 10.7. The molecule has 0 aliphatic rings. The second-order valence-electron chi connectivity index (χ2n) is 3.80. The summed E-state index contributed by atoms with van der Waals surface area (Å²) < 4.78 is 0. The Labute approximate surface area is 90.0 Å². The minimum absolute atomic E-state index is 0.351. The van der Waals surface area contributed by atoms with Crippen LogP contribution in [0.4, 0.5) is 0 Å². The fourth-order valence-electron chi connectivity index (χ4n) is 1.57. The highest BCUT2D eigenvalue weighted by Crippen LogP contribution is 2.13. The van der Waals surface area contributed by atoms with Gasteiger partial charge in [-0.3, -0.25) is 0 Å². The van der Waals surface area contributed by atoms with Crippen LogP contribution in [-0.4, -0.2) is 11.0 Å². The number of nitrogens with one attached hydrogen (secondary N) is 2. The van der Waals surface area contributed by atoms with Crippen LogP contribution < -0.4 is 5.32 Å². The summed E-state index contributed by atoms with van der Waals surface area (Å²) in [5, 5.41) is 4.63. The van der Waals surface area contributed by atoms with E-state index in [1.807, 2.05) is 12.3 Å². The lowest BCUT2D eigenvalue weighted by atomic mass is 10.1. The van der Waals surface area contributed by atoms with Crippen molar-refractivity contribution in [1.82, 2.24) is 10.3 Å². The molecule has 78 valence electrons. The molecule has 0 bridgehead atoms. The summed E-state index contributed by atoms with van der Waals surface area (Å²) in [5.74, 6) is 0. The molecule has 0 aliphatic heterocycles. The molecule has 2 N–H and O–H groups in total. The van der Waals surface area contributed by atoms with Crippen LogP contribution in [0.15, 0.2) is 43.1 Å². The Balaban J connectivity index is 2.11. The van der Waals surface area contributed by atoms with Gasteiger partial charge in [0.15, 0.2) is 0 Å². The van der Waals surface area contributed by atoms with Gasteiger partial charge >= 0.3 is 0 Å². The zero-order valence-electron chi connectivity index (χ0n) is 8.96. The van der Waals surface area contributed by atoms with Gasteiger partial charge in [-0.15, -0.1) is 6.58 Å². The third-order valence-electron chi connectivity index (χ3n) is 2.60. The van der Waals surface area contributed by atoms with Crippen LogP contribution in [-0.2, 0) is 6.54 Å². The summed E-state index contributed by atoms with van der Waals surface area (Å²) in [4.78, 5) is 3.21. The van der Waals surface area contributed by atoms with Crippen LogP contribution in [0.3, 0.4) is 0 Å². The standard InChI is InChI=1S/C13H16N2/c1-3-10(2)15-9-11-4-5-12-6-7-14-13(12)8-11/h3-8,10,14-15H,1,9H2,2H3. The molecule has 2 aromatic rings. The van der Waals surface area contributed by atoms with E-state index in [1.165, 1.54) is 16.5 Å². The predicted molar refractivity (Wildman–Crippen MR) is 64.8 cm³/mol. The first-order valence-electron chi connectivity index (χ1n) is 5.21. The van der Waals surface area contributed by atoms with Crippen LogP contribution in [0.1, 0.15) is 12.5 Å². The number of hydrogen-bond donors (Lipinski definition) is 2. The molecule has 15 heavy (non-hydrogen) atoms. The highest BCUT2D eigenvalue weighted by Gasteiger charge is 1.98. The van der Waals surface area contributed by atoms with Gasteiger partial charge in [0, 0.05) is 24.3 Å². The first kappa shape index (κ1) is 9.99. The highest BCUT2D eigenvalue weighted by atomic mass is 14.9. The maximum Gasteiger partial charge on any atom is 0.0457 e. The fraction of sp³-hybridized carbons (Fsp3) is 0.231. The van der Waals surface area contributed by atoms with E-state index in [9.17, 15) is 0 Å². The second-order valence-corrected chi connectivity index (χ2v) is 3.80. The molecule has 2 rings (SSSR count). The first-order chi connectivity index (χ1) is 7.29. The third kappa shape index (κ3) is 2.28. The quantitative estimate of drug-likeness (QED) is 0.730. The van der Waals surface area contributed by atoms with Crippen LogP contribution in [0.25, 0.3) is 10.9 Å². The van der Waals surface area contributed by atoms with E-state index < -0.39 is 0 Å². The molecular formula is C13H16N2. The maximum absolute atomic E-state index is 3.75. The molecule has 2 nitrogen and oxygen atoms in total. The smallest absolute Gasteiger partial charge is 0.0457 e. The molecule has 1 unspecified atom stereocenters. The van der Waals surface area contributed by atoms with Gasteiger partial charge in [0.05, 0.1) is 0 Å². The SMILES string of the molecule is C=CC(C)NCc1ccc2cc[nH]c2c1. The molecular weight excluding hydrogens is 184 g/mol. The molecule has 0 saturated heterocycles. The van der Waals surface area contributed by atoms with Crippen molar-refractivity contribution in [1.29, 1.82) is 0 Å². The Morgan fingerprint density at radius 3 is 3.13 bits per heavy atom. The third-order valence-corrected chi connectivity index (χ3v) is 2.60. The minimum atomic E-state index is 0.351. The summed E-state index contributed by atoms with van der Waals surface area (Å²) in [6, 6.07) is 8.90. The maximum atomic E-state index is 3.75. The van der Waals surface area contributed by atoms with Gasteiger partial charge < -0.3 is 10.3 Å². The van der Waals surface area contributed by atoms with Crippen LogP contribution >= 0.6 is 0 Å². The summed E-state index contributed by atoms with van der Waals surface area (Å²) in [5.41, 5.74) is 2.49. The number of aromatic amines is 1. The lowest BCUT2D eigenvalue weighted by Gasteiger charge is -2.08. The van der Waals surface area contributed by atoms with Crippen LogP contribution in [0.5, 0.6) is 0 Å². The topological polar surface area (TPSA) is 27.8 Å². The molecule has 0 saturated carbocycles. The van der Waals surface area contributed by atoms with Crippen molar-refractivity contribution < 1.29 is 0 Å².